The van der Waals surface area contributed by atoms with Gasteiger partial charge in [-0.2, -0.15) is 35.2 Å². The highest BCUT2D eigenvalue weighted by Gasteiger charge is 2.23. The first-order chi connectivity index (χ1) is 24.0. The molecule has 4 aromatic carbocycles. The van der Waals surface area contributed by atoms with E-state index >= 15 is 0 Å². The third kappa shape index (κ3) is 9.14. The van der Waals surface area contributed by atoms with Crippen LogP contribution >= 0.6 is 12.0 Å². The zero-order valence-corrected chi connectivity index (χ0v) is 28.6. The maximum Gasteiger partial charge on any atom is 0.330 e. The average molecular weight is 789 g/mol. The minimum absolute atomic E-state index is 0.0137. The third-order valence-electron chi connectivity index (χ3n) is 6.76. The van der Waals surface area contributed by atoms with Gasteiger partial charge in [0, 0.05) is 28.8 Å². The quantitative estimate of drug-likeness (QED) is 0.0384. The number of rotatable bonds is 15. The van der Waals surface area contributed by atoms with Gasteiger partial charge < -0.3 is 24.6 Å². The highest BCUT2D eigenvalue weighted by atomic mass is 32.2. The molecule has 6 N–H and O–H groups in total. The van der Waals surface area contributed by atoms with Crippen LogP contribution in [0.25, 0.3) is 21.5 Å². The molecule has 0 fully saturated rings. The first kappa shape index (κ1) is 37.9. The van der Waals surface area contributed by atoms with Crippen molar-refractivity contribution in [2.24, 2.45) is 0 Å². The molecule has 0 aliphatic rings. The Morgan fingerprint density at radius 1 is 0.647 bits per heavy atom. The molecule has 0 saturated heterocycles. The van der Waals surface area contributed by atoms with Crippen LogP contribution in [0.3, 0.4) is 0 Å². The lowest BCUT2D eigenvalue weighted by Gasteiger charge is -2.21. The number of ether oxygens (including phenoxy) is 2. The molecule has 20 nitrogen and oxygen atoms in total. The van der Waals surface area contributed by atoms with Gasteiger partial charge in [-0.1, -0.05) is 17.2 Å². The smallest absolute Gasteiger partial charge is 0.330 e. The van der Waals surface area contributed by atoms with Crippen molar-refractivity contribution in [3.8, 4) is 23.5 Å². The molecule has 5 aromatic rings. The number of aliphatic hydroxyl groups is 2. The lowest BCUT2D eigenvalue weighted by molar-refractivity contribution is -0.432. The number of anilines is 1. The van der Waals surface area contributed by atoms with Crippen molar-refractivity contribution in [1.29, 1.82) is 0 Å². The summed E-state index contributed by atoms with van der Waals surface area (Å²) in [6.45, 7) is -0.949. The maximum absolute atomic E-state index is 12.2. The van der Waals surface area contributed by atoms with Crippen LogP contribution in [-0.2, 0) is 39.7 Å². The molecule has 0 aliphatic heterocycles. The summed E-state index contributed by atoms with van der Waals surface area (Å²) >= 11 is 0.454. The van der Waals surface area contributed by atoms with E-state index in [1.54, 1.807) is 0 Å². The molecule has 24 heteroatoms. The first-order valence-corrected chi connectivity index (χ1v) is 18.9. The SMILES string of the molecule is O=S(=O)(O)c1cc(S(=O)(=O)O)c2cc(Oc3nc(Oc4ccc5cc(SOOO)cc(S(=O)(=O)O)c5c4)nc(N(CCO)CCO)n3)ccc2c1. The van der Waals surface area contributed by atoms with Crippen LogP contribution in [0.2, 0.25) is 0 Å². The predicted molar refractivity (Wildman–Crippen MR) is 174 cm³/mol. The predicted octanol–water partition coefficient (Wildman–Crippen LogP) is 2.72. The molecule has 5 rings (SSSR count). The largest absolute Gasteiger partial charge is 0.424 e. The topological polar surface area (TPSA) is 303 Å². The third-order valence-corrected chi connectivity index (χ3v) is 9.94. The summed E-state index contributed by atoms with van der Waals surface area (Å²) in [5, 5.41) is 31.2. The summed E-state index contributed by atoms with van der Waals surface area (Å²) in [4.78, 5) is 11.7. The molecule has 0 radical (unpaired) electrons. The summed E-state index contributed by atoms with van der Waals surface area (Å²) < 4.78 is 117. The zero-order chi connectivity index (χ0) is 37.1. The highest BCUT2D eigenvalue weighted by molar-refractivity contribution is 7.94. The molecule has 1 heterocycles. The lowest BCUT2D eigenvalue weighted by Crippen LogP contribution is -2.31. The summed E-state index contributed by atoms with van der Waals surface area (Å²) in [6.07, 6.45) is 0. The average Bonchev–Trinajstić information content (AvgIpc) is 3.05. The van der Waals surface area contributed by atoms with E-state index in [0.717, 1.165) is 18.2 Å². The van der Waals surface area contributed by atoms with Gasteiger partial charge in [0.25, 0.3) is 30.4 Å². The van der Waals surface area contributed by atoms with E-state index in [2.05, 4.69) is 24.3 Å². The second-order valence-electron chi connectivity index (χ2n) is 10.1. The summed E-state index contributed by atoms with van der Waals surface area (Å²) in [6, 6.07) is 10.7. The normalized spacial score (nSPS) is 12.4. The van der Waals surface area contributed by atoms with Gasteiger partial charge in [-0.05, 0) is 59.3 Å². The van der Waals surface area contributed by atoms with Gasteiger partial charge in [-0.3, -0.25) is 13.7 Å². The van der Waals surface area contributed by atoms with Gasteiger partial charge in [0.05, 0.1) is 30.2 Å². The molecular weight excluding hydrogens is 765 g/mol. The van der Waals surface area contributed by atoms with Crippen LogP contribution < -0.4 is 14.4 Å². The van der Waals surface area contributed by atoms with Crippen LogP contribution in [0.15, 0.2) is 80.2 Å². The van der Waals surface area contributed by atoms with Crippen LogP contribution in [0.1, 0.15) is 0 Å². The Balaban J connectivity index is 1.59. The molecular formula is C27H24N4O16S4. The zero-order valence-electron chi connectivity index (χ0n) is 25.3. The van der Waals surface area contributed by atoms with Crippen LogP contribution in [0.4, 0.5) is 5.95 Å². The van der Waals surface area contributed by atoms with E-state index in [4.69, 9.17) is 14.7 Å². The van der Waals surface area contributed by atoms with Gasteiger partial charge in [0.1, 0.15) is 21.3 Å². The number of hydrogen-bond acceptors (Lipinski definition) is 18. The Morgan fingerprint density at radius 2 is 1.16 bits per heavy atom. The van der Waals surface area contributed by atoms with Gasteiger partial charge >= 0.3 is 12.0 Å². The maximum atomic E-state index is 12.2. The minimum atomic E-state index is -5.03. The molecule has 0 aliphatic carbocycles. The second-order valence-corrected chi connectivity index (χ2v) is 15.1. The Morgan fingerprint density at radius 3 is 1.63 bits per heavy atom. The molecule has 0 saturated carbocycles. The molecule has 0 spiro atoms. The molecule has 0 atom stereocenters. The number of benzene rings is 4. The van der Waals surface area contributed by atoms with Crippen molar-refractivity contribution in [2.45, 2.75) is 19.6 Å². The number of fused-ring (bicyclic) bond motifs is 2. The number of aromatic nitrogens is 3. The Labute approximate surface area is 292 Å². The fourth-order valence-corrected chi connectivity index (χ4v) is 7.29. The van der Waals surface area contributed by atoms with Gasteiger partial charge in [-0.25, -0.2) is 5.26 Å². The molecule has 51 heavy (non-hydrogen) atoms. The second kappa shape index (κ2) is 15.1. The van der Waals surface area contributed by atoms with E-state index in [9.17, 15) is 49.1 Å². The van der Waals surface area contributed by atoms with Gasteiger partial charge in [0.15, 0.2) is 0 Å². The van der Waals surface area contributed by atoms with Crippen molar-refractivity contribution < 1.29 is 73.2 Å². The summed E-state index contributed by atoms with van der Waals surface area (Å²) in [5.74, 6) is -0.374. The van der Waals surface area contributed by atoms with Crippen molar-refractivity contribution >= 4 is 69.9 Å². The van der Waals surface area contributed by atoms with Crippen molar-refractivity contribution in [2.75, 3.05) is 31.2 Å². The van der Waals surface area contributed by atoms with Crippen molar-refractivity contribution in [1.82, 2.24) is 15.0 Å². The van der Waals surface area contributed by atoms with Crippen molar-refractivity contribution in [3.05, 3.63) is 60.7 Å². The standard InChI is InChI=1S/C27H24N4O16S4/c32-7-5-31(6-8-33)25-28-26(44-17-3-1-15-9-19(48-47-46-34)13-23(21(15)11-17)50(38,39)40)30-27(29-25)45-18-4-2-16-10-20(49(35,36)37)14-24(22(16)12-18)51(41,42)43/h1-4,9-14,32-34H,5-8H2,(H,35,36,37)(H,38,39,40)(H,41,42,43). The Kier molecular flexibility index (Phi) is 11.2. The van der Waals surface area contributed by atoms with Crippen LogP contribution in [-0.4, -0.2) is 95.6 Å². The molecule has 0 amide bonds. The summed E-state index contributed by atoms with van der Waals surface area (Å²) in [5.41, 5.74) is 0. The fourth-order valence-electron chi connectivity index (χ4n) is 4.68. The van der Waals surface area contributed by atoms with E-state index < -0.39 is 70.3 Å². The lowest BCUT2D eigenvalue weighted by atomic mass is 10.1. The van der Waals surface area contributed by atoms with Crippen molar-refractivity contribution in [3.63, 3.8) is 0 Å². The van der Waals surface area contributed by atoms with E-state index in [1.807, 2.05) is 0 Å². The van der Waals surface area contributed by atoms with E-state index in [-0.39, 0.29) is 57.0 Å². The molecule has 0 unspecified atom stereocenters. The van der Waals surface area contributed by atoms with Crippen LogP contribution in [0, 0.1) is 0 Å². The molecule has 0 bridgehead atoms. The Hall–Kier alpha value is -4.31. The summed E-state index contributed by atoms with van der Waals surface area (Å²) in [7, 11) is -14.7. The molecule has 1 aromatic heterocycles. The molecule has 272 valence electrons. The number of nitrogens with zero attached hydrogens (tertiary/aromatic N) is 4. The van der Waals surface area contributed by atoms with Crippen LogP contribution in [0.5, 0.6) is 23.5 Å². The minimum Gasteiger partial charge on any atom is -0.424 e. The number of hydrogen-bond donors (Lipinski definition) is 6. The fraction of sp³-hybridized carbons (Fsp3) is 0.148. The van der Waals surface area contributed by atoms with Gasteiger partial charge in [0.2, 0.25) is 5.95 Å². The number of aliphatic hydroxyl groups excluding tert-OH is 2. The Bertz CT molecular complexity index is 2440. The highest BCUT2D eigenvalue weighted by Crippen LogP contribution is 2.35. The first-order valence-electron chi connectivity index (χ1n) is 13.8. The van der Waals surface area contributed by atoms with Gasteiger partial charge in [-0.15, -0.1) is 9.32 Å². The monoisotopic (exact) mass is 788 g/mol. The van der Waals surface area contributed by atoms with E-state index in [1.165, 1.54) is 41.3 Å². The van der Waals surface area contributed by atoms with E-state index in [0.29, 0.717) is 18.1 Å².